The normalized spacial score (nSPS) is 11.1. The summed E-state index contributed by atoms with van der Waals surface area (Å²) in [5, 5.41) is 11.4. The van der Waals surface area contributed by atoms with E-state index in [0.29, 0.717) is 0 Å². The quantitative estimate of drug-likeness (QED) is 0.657. The number of methoxy groups -OCH3 is 1. The third kappa shape index (κ3) is 5.92. The lowest BCUT2D eigenvalue weighted by Crippen LogP contribution is -2.33. The minimum atomic E-state index is -3.74. The van der Waals surface area contributed by atoms with E-state index in [1.54, 1.807) is 6.07 Å². The summed E-state index contributed by atoms with van der Waals surface area (Å²) in [7, 11) is -2.28. The van der Waals surface area contributed by atoms with E-state index >= 15 is 0 Å². The van der Waals surface area contributed by atoms with Crippen molar-refractivity contribution >= 4 is 21.7 Å². The van der Waals surface area contributed by atoms with Gasteiger partial charge in [-0.2, -0.15) is 0 Å². The fourth-order valence-electron chi connectivity index (χ4n) is 1.69. The summed E-state index contributed by atoms with van der Waals surface area (Å²) >= 11 is 0. The molecular weight excluding hydrogens is 298 g/mol. The number of aromatic carboxylic acids is 1. The minimum Gasteiger partial charge on any atom is -0.478 e. The molecule has 1 aromatic carbocycles. The van der Waals surface area contributed by atoms with Crippen LogP contribution in [0, 0.1) is 0 Å². The van der Waals surface area contributed by atoms with Crippen molar-refractivity contribution in [2.75, 3.05) is 26.0 Å². The molecule has 0 aliphatic rings. The van der Waals surface area contributed by atoms with Crippen LogP contribution in [0.2, 0.25) is 0 Å². The topological polar surface area (TPSA) is 110 Å². The van der Waals surface area contributed by atoms with Crippen LogP contribution in [-0.2, 0) is 25.1 Å². The number of benzene rings is 1. The van der Waals surface area contributed by atoms with Crippen molar-refractivity contribution in [3.05, 3.63) is 35.4 Å². The van der Waals surface area contributed by atoms with Crippen LogP contribution in [0.4, 0.5) is 0 Å². The first-order chi connectivity index (χ1) is 9.85. The number of carboxylic acid groups (broad SMARTS) is 1. The first kappa shape index (κ1) is 17.1. The van der Waals surface area contributed by atoms with Gasteiger partial charge >= 0.3 is 5.97 Å². The van der Waals surface area contributed by atoms with E-state index in [2.05, 4.69) is 5.32 Å². The molecule has 7 nitrogen and oxygen atoms in total. The van der Waals surface area contributed by atoms with Crippen LogP contribution < -0.4 is 5.32 Å². The van der Waals surface area contributed by atoms with Gasteiger partial charge in [0.15, 0.2) is 9.84 Å². The average molecular weight is 315 g/mol. The highest BCUT2D eigenvalue weighted by atomic mass is 32.2. The van der Waals surface area contributed by atoms with E-state index in [1.807, 2.05) is 0 Å². The number of sulfone groups is 1. The van der Waals surface area contributed by atoms with Gasteiger partial charge in [-0.05, 0) is 11.6 Å². The number of carbonyl (C=O) groups is 2. The SMILES string of the molecule is COCCNC(=O)CS(=O)(=O)Cc1ccccc1C(=O)O. The van der Waals surface area contributed by atoms with Crippen molar-refractivity contribution < 1.29 is 27.9 Å². The Labute approximate surface area is 122 Å². The summed E-state index contributed by atoms with van der Waals surface area (Å²) in [4.78, 5) is 22.5. The molecule has 0 fully saturated rings. The van der Waals surface area contributed by atoms with Gasteiger partial charge < -0.3 is 15.2 Å². The van der Waals surface area contributed by atoms with Gasteiger partial charge in [0.1, 0.15) is 5.75 Å². The summed E-state index contributed by atoms with van der Waals surface area (Å²) in [6.07, 6.45) is 0. The lowest BCUT2D eigenvalue weighted by Gasteiger charge is -2.08. The van der Waals surface area contributed by atoms with Gasteiger partial charge in [-0.1, -0.05) is 18.2 Å². The lowest BCUT2D eigenvalue weighted by atomic mass is 10.1. The van der Waals surface area contributed by atoms with Crippen LogP contribution in [0.3, 0.4) is 0 Å². The van der Waals surface area contributed by atoms with Crippen LogP contribution in [0.5, 0.6) is 0 Å². The molecule has 0 heterocycles. The number of carboxylic acids is 1. The van der Waals surface area contributed by atoms with Gasteiger partial charge in [0.25, 0.3) is 0 Å². The molecule has 2 N–H and O–H groups in total. The number of carbonyl (C=O) groups excluding carboxylic acids is 1. The van der Waals surface area contributed by atoms with E-state index < -0.39 is 33.2 Å². The molecule has 8 heteroatoms. The zero-order valence-corrected chi connectivity index (χ0v) is 12.4. The Morgan fingerprint density at radius 3 is 2.57 bits per heavy atom. The van der Waals surface area contributed by atoms with Gasteiger partial charge in [-0.3, -0.25) is 4.79 Å². The Morgan fingerprint density at radius 1 is 1.29 bits per heavy atom. The van der Waals surface area contributed by atoms with E-state index in [0.717, 1.165) is 0 Å². The number of hydrogen-bond acceptors (Lipinski definition) is 5. The van der Waals surface area contributed by atoms with Gasteiger partial charge in [-0.25, -0.2) is 13.2 Å². The second kappa shape index (κ2) is 7.75. The summed E-state index contributed by atoms with van der Waals surface area (Å²) in [5.41, 5.74) is 0.0792. The van der Waals surface area contributed by atoms with E-state index in [9.17, 15) is 18.0 Å². The number of nitrogens with one attached hydrogen (secondary N) is 1. The first-order valence-corrected chi connectivity index (χ1v) is 7.95. The molecular formula is C13H17NO6S. The standard InChI is InChI=1S/C13H17NO6S/c1-20-7-6-14-12(15)9-21(18,19)8-10-4-2-3-5-11(10)13(16)17/h2-5H,6-9H2,1H3,(H,14,15)(H,16,17). The van der Waals surface area contributed by atoms with Crippen molar-refractivity contribution in [3.63, 3.8) is 0 Å². The number of hydrogen-bond donors (Lipinski definition) is 2. The molecule has 1 amide bonds. The molecule has 21 heavy (non-hydrogen) atoms. The van der Waals surface area contributed by atoms with Crippen molar-refractivity contribution in [3.8, 4) is 0 Å². The van der Waals surface area contributed by atoms with Gasteiger partial charge in [0, 0.05) is 13.7 Å². The van der Waals surface area contributed by atoms with Crippen LogP contribution >= 0.6 is 0 Å². The van der Waals surface area contributed by atoms with Gasteiger partial charge in [0.2, 0.25) is 5.91 Å². The zero-order valence-electron chi connectivity index (χ0n) is 11.5. The highest BCUT2D eigenvalue weighted by Gasteiger charge is 2.20. The first-order valence-electron chi connectivity index (χ1n) is 6.13. The molecule has 0 bridgehead atoms. The number of amides is 1. The van der Waals surface area contributed by atoms with Crippen LogP contribution in [0.15, 0.2) is 24.3 Å². The average Bonchev–Trinajstić information content (AvgIpc) is 2.38. The maximum Gasteiger partial charge on any atom is 0.335 e. The van der Waals surface area contributed by atoms with E-state index in [4.69, 9.17) is 9.84 Å². The predicted molar refractivity (Wildman–Crippen MR) is 75.8 cm³/mol. The molecule has 0 aliphatic heterocycles. The van der Waals surface area contributed by atoms with Gasteiger partial charge in [0.05, 0.1) is 17.9 Å². The van der Waals surface area contributed by atoms with Crippen molar-refractivity contribution in [1.82, 2.24) is 5.32 Å². The monoisotopic (exact) mass is 315 g/mol. The van der Waals surface area contributed by atoms with Crippen LogP contribution in [0.25, 0.3) is 0 Å². The fourth-order valence-corrected chi connectivity index (χ4v) is 3.02. The molecule has 0 unspecified atom stereocenters. The molecule has 0 atom stereocenters. The third-order valence-electron chi connectivity index (χ3n) is 2.60. The number of rotatable bonds is 8. The summed E-state index contributed by atoms with van der Waals surface area (Å²) < 4.78 is 28.6. The van der Waals surface area contributed by atoms with Crippen molar-refractivity contribution in [2.45, 2.75) is 5.75 Å². The maximum atomic E-state index is 11.9. The molecule has 1 aromatic rings. The Balaban J connectivity index is 2.73. The van der Waals surface area contributed by atoms with Crippen molar-refractivity contribution in [1.29, 1.82) is 0 Å². The lowest BCUT2D eigenvalue weighted by molar-refractivity contribution is -0.118. The molecule has 0 aromatic heterocycles. The summed E-state index contributed by atoms with van der Waals surface area (Å²) in [6, 6.07) is 5.81. The molecule has 0 radical (unpaired) electrons. The summed E-state index contributed by atoms with van der Waals surface area (Å²) in [6.45, 7) is 0.504. The minimum absolute atomic E-state index is 0.0825. The van der Waals surface area contributed by atoms with Crippen molar-refractivity contribution in [2.24, 2.45) is 0 Å². The Bertz CT molecular complexity index is 611. The molecule has 0 saturated heterocycles. The maximum absolute atomic E-state index is 11.9. The van der Waals surface area contributed by atoms with E-state index in [1.165, 1.54) is 25.3 Å². The highest BCUT2D eigenvalue weighted by molar-refractivity contribution is 7.91. The number of ether oxygens (including phenoxy) is 1. The molecule has 0 spiro atoms. The fraction of sp³-hybridized carbons (Fsp3) is 0.385. The Hall–Kier alpha value is -1.93. The van der Waals surface area contributed by atoms with Gasteiger partial charge in [-0.15, -0.1) is 0 Å². The van der Waals surface area contributed by atoms with Crippen LogP contribution in [0.1, 0.15) is 15.9 Å². The molecule has 1 rings (SSSR count). The second-order valence-corrected chi connectivity index (χ2v) is 6.40. The smallest absolute Gasteiger partial charge is 0.335 e. The third-order valence-corrected chi connectivity index (χ3v) is 4.06. The molecule has 0 saturated carbocycles. The largest absolute Gasteiger partial charge is 0.478 e. The van der Waals surface area contributed by atoms with E-state index in [-0.39, 0.29) is 24.3 Å². The molecule has 116 valence electrons. The zero-order chi connectivity index (χ0) is 15.9. The highest BCUT2D eigenvalue weighted by Crippen LogP contribution is 2.13. The second-order valence-electron chi connectivity index (χ2n) is 4.34. The van der Waals surface area contributed by atoms with Crippen LogP contribution in [-0.4, -0.2) is 51.4 Å². The summed E-state index contributed by atoms with van der Waals surface area (Å²) in [5.74, 6) is -3.03. The Morgan fingerprint density at radius 2 is 1.95 bits per heavy atom. The molecule has 0 aliphatic carbocycles. The predicted octanol–water partition coefficient (Wildman–Crippen LogP) is 0.0622. The Kier molecular flexibility index (Phi) is 6.32.